The number of rotatable bonds is 3. The molecule has 1 aliphatic rings. The molecule has 0 amide bonds. The number of para-hydroxylation sites is 2. The summed E-state index contributed by atoms with van der Waals surface area (Å²) in [7, 11) is -3.97. The highest BCUT2D eigenvalue weighted by Crippen LogP contribution is 2.35. The van der Waals surface area contributed by atoms with Crippen LogP contribution in [-0.2, 0) is 9.84 Å². The van der Waals surface area contributed by atoms with E-state index in [1.54, 1.807) is 18.2 Å². The SMILES string of the molecule is O=S(=O)(c1ccc(O)c2ncccc12)C1C=Nc2ccccc2N=C1c1ccccc1. The molecule has 0 spiro atoms. The van der Waals surface area contributed by atoms with Crippen molar-refractivity contribution in [2.24, 2.45) is 9.98 Å². The summed E-state index contributed by atoms with van der Waals surface area (Å²) in [5.74, 6) is -0.0755. The van der Waals surface area contributed by atoms with Gasteiger partial charge in [-0.2, -0.15) is 0 Å². The molecule has 0 saturated heterocycles. The average molecular weight is 427 g/mol. The zero-order valence-corrected chi connectivity index (χ0v) is 17.1. The Morgan fingerprint density at radius 1 is 0.806 bits per heavy atom. The van der Waals surface area contributed by atoms with Gasteiger partial charge in [-0.25, -0.2) is 13.4 Å². The number of aliphatic imine (C=N–C) groups is 2. The fraction of sp³-hybridized carbons (Fsp3) is 0.0417. The maximum absolute atomic E-state index is 13.9. The van der Waals surface area contributed by atoms with Crippen LogP contribution in [0.15, 0.2) is 99.9 Å². The van der Waals surface area contributed by atoms with E-state index in [0.717, 1.165) is 0 Å². The number of hydrogen-bond donors (Lipinski definition) is 1. The molecule has 0 radical (unpaired) electrons. The minimum Gasteiger partial charge on any atom is -0.506 e. The first-order chi connectivity index (χ1) is 15.1. The van der Waals surface area contributed by atoms with Crippen LogP contribution < -0.4 is 0 Å². The van der Waals surface area contributed by atoms with E-state index in [2.05, 4.69) is 9.98 Å². The third-order valence-corrected chi connectivity index (χ3v) is 7.14. The van der Waals surface area contributed by atoms with Gasteiger partial charge in [0, 0.05) is 17.8 Å². The molecule has 1 aromatic heterocycles. The Morgan fingerprint density at radius 2 is 1.55 bits per heavy atom. The predicted molar refractivity (Wildman–Crippen MR) is 122 cm³/mol. The van der Waals surface area contributed by atoms with Gasteiger partial charge < -0.3 is 5.11 Å². The van der Waals surface area contributed by atoms with E-state index < -0.39 is 15.1 Å². The maximum atomic E-state index is 13.9. The van der Waals surface area contributed by atoms with Crippen LogP contribution in [0.2, 0.25) is 0 Å². The molecule has 2 heterocycles. The molecule has 3 aromatic carbocycles. The van der Waals surface area contributed by atoms with Gasteiger partial charge in [-0.15, -0.1) is 0 Å². The smallest absolute Gasteiger partial charge is 0.192 e. The third kappa shape index (κ3) is 3.29. The van der Waals surface area contributed by atoms with E-state index in [0.29, 0.717) is 28.0 Å². The Balaban J connectivity index is 1.76. The fourth-order valence-corrected chi connectivity index (χ4v) is 5.37. The number of benzene rings is 3. The van der Waals surface area contributed by atoms with E-state index in [4.69, 9.17) is 4.99 Å². The van der Waals surface area contributed by atoms with Gasteiger partial charge in [0.2, 0.25) is 0 Å². The van der Waals surface area contributed by atoms with Crippen molar-refractivity contribution < 1.29 is 13.5 Å². The van der Waals surface area contributed by atoms with Gasteiger partial charge in [0.05, 0.1) is 22.0 Å². The Bertz CT molecular complexity index is 1460. The van der Waals surface area contributed by atoms with Gasteiger partial charge in [0.1, 0.15) is 16.5 Å². The van der Waals surface area contributed by atoms with Gasteiger partial charge in [0.25, 0.3) is 0 Å². The Kier molecular flexibility index (Phi) is 4.60. The van der Waals surface area contributed by atoms with E-state index in [-0.39, 0.29) is 16.2 Å². The molecule has 1 aliphatic heterocycles. The summed E-state index contributed by atoms with van der Waals surface area (Å²) >= 11 is 0. The van der Waals surface area contributed by atoms with Gasteiger partial charge in [0.15, 0.2) is 9.84 Å². The summed E-state index contributed by atoms with van der Waals surface area (Å²) in [5.41, 5.74) is 2.52. The number of hydrogen-bond acceptors (Lipinski definition) is 6. The van der Waals surface area contributed by atoms with Gasteiger partial charge in [-0.3, -0.25) is 9.98 Å². The summed E-state index contributed by atoms with van der Waals surface area (Å²) in [6, 6.07) is 22.5. The maximum Gasteiger partial charge on any atom is 0.192 e. The zero-order chi connectivity index (χ0) is 21.4. The molecule has 1 N–H and O–H groups in total. The summed E-state index contributed by atoms with van der Waals surface area (Å²) in [4.78, 5) is 13.4. The minimum atomic E-state index is -3.97. The number of phenols is 1. The monoisotopic (exact) mass is 427 g/mol. The number of sulfone groups is 1. The third-order valence-electron chi connectivity index (χ3n) is 5.16. The first-order valence-electron chi connectivity index (χ1n) is 9.63. The topological polar surface area (TPSA) is 92.0 Å². The molecular weight excluding hydrogens is 410 g/mol. The quantitative estimate of drug-likeness (QED) is 0.516. The highest BCUT2D eigenvalue weighted by Gasteiger charge is 2.34. The molecule has 0 fully saturated rings. The lowest BCUT2D eigenvalue weighted by atomic mass is 10.1. The molecule has 31 heavy (non-hydrogen) atoms. The highest BCUT2D eigenvalue weighted by atomic mass is 32.2. The van der Waals surface area contributed by atoms with Crippen molar-refractivity contribution in [3.8, 4) is 5.75 Å². The molecule has 0 saturated carbocycles. The lowest BCUT2D eigenvalue weighted by molar-refractivity contribution is 0.480. The molecule has 0 aliphatic carbocycles. The number of pyridine rings is 1. The summed E-state index contributed by atoms with van der Waals surface area (Å²) < 4.78 is 27.8. The average Bonchev–Trinajstić information content (AvgIpc) is 3.00. The standard InChI is InChI=1S/C24H17N3O3S/c28-20-12-13-21(17-9-6-14-25-24(17)20)31(29,30)22-15-26-18-10-4-5-11-19(18)27-23(22)16-7-2-1-3-8-16/h1-15,22,28H. The van der Waals surface area contributed by atoms with Crippen LogP contribution in [0.5, 0.6) is 5.75 Å². The van der Waals surface area contributed by atoms with E-state index >= 15 is 0 Å². The van der Waals surface area contributed by atoms with Crippen molar-refractivity contribution in [1.82, 2.24) is 4.98 Å². The normalized spacial score (nSPS) is 15.9. The second-order valence-corrected chi connectivity index (χ2v) is 9.12. The molecule has 0 bridgehead atoms. The van der Waals surface area contributed by atoms with Crippen LogP contribution in [0.25, 0.3) is 10.9 Å². The number of fused-ring (bicyclic) bond motifs is 2. The summed E-state index contributed by atoms with van der Waals surface area (Å²) in [5, 5.41) is 9.39. The van der Waals surface area contributed by atoms with E-state index in [9.17, 15) is 13.5 Å². The van der Waals surface area contributed by atoms with Crippen molar-refractivity contribution in [3.63, 3.8) is 0 Å². The first-order valence-corrected chi connectivity index (χ1v) is 11.2. The van der Waals surface area contributed by atoms with Crippen molar-refractivity contribution >= 4 is 44.0 Å². The van der Waals surface area contributed by atoms with Crippen molar-refractivity contribution in [1.29, 1.82) is 0 Å². The zero-order valence-electron chi connectivity index (χ0n) is 16.3. The van der Waals surface area contributed by atoms with Crippen LogP contribution in [0, 0.1) is 0 Å². The minimum absolute atomic E-state index is 0.0689. The van der Waals surface area contributed by atoms with Crippen molar-refractivity contribution in [3.05, 3.63) is 90.6 Å². The van der Waals surface area contributed by atoms with Crippen LogP contribution in [-0.4, -0.2) is 35.7 Å². The molecular formula is C24H17N3O3S. The summed E-state index contributed by atoms with van der Waals surface area (Å²) in [6.45, 7) is 0. The van der Waals surface area contributed by atoms with Crippen LogP contribution >= 0.6 is 0 Å². The second-order valence-electron chi connectivity index (χ2n) is 7.08. The lowest BCUT2D eigenvalue weighted by Crippen LogP contribution is -2.32. The largest absolute Gasteiger partial charge is 0.506 e. The van der Waals surface area contributed by atoms with Gasteiger partial charge >= 0.3 is 0 Å². The molecule has 152 valence electrons. The molecule has 1 unspecified atom stereocenters. The van der Waals surface area contributed by atoms with Crippen LogP contribution in [0.3, 0.4) is 0 Å². The van der Waals surface area contributed by atoms with Gasteiger partial charge in [-0.05, 0) is 42.0 Å². The summed E-state index contributed by atoms with van der Waals surface area (Å²) in [6.07, 6.45) is 2.95. The second kappa shape index (κ2) is 7.45. The molecule has 5 rings (SSSR count). The first kappa shape index (κ1) is 19.1. The molecule has 7 heteroatoms. The predicted octanol–water partition coefficient (Wildman–Crippen LogP) is 4.62. The number of aromatic nitrogens is 1. The Morgan fingerprint density at radius 3 is 2.35 bits per heavy atom. The number of phenolic OH excluding ortho intramolecular Hbond substituents is 1. The Hall–Kier alpha value is -3.84. The molecule has 1 atom stereocenters. The molecule has 6 nitrogen and oxygen atoms in total. The Labute approximate surface area is 179 Å². The van der Waals surface area contributed by atoms with E-state index in [1.807, 2.05) is 48.5 Å². The number of aromatic hydroxyl groups is 1. The number of nitrogens with zero attached hydrogens (tertiary/aromatic N) is 3. The highest BCUT2D eigenvalue weighted by molar-refractivity contribution is 7.93. The fourth-order valence-electron chi connectivity index (χ4n) is 3.66. The lowest BCUT2D eigenvalue weighted by Gasteiger charge is -2.17. The van der Waals surface area contributed by atoms with Crippen LogP contribution in [0.1, 0.15) is 5.56 Å². The van der Waals surface area contributed by atoms with Crippen molar-refractivity contribution in [2.45, 2.75) is 10.1 Å². The van der Waals surface area contributed by atoms with Crippen LogP contribution in [0.4, 0.5) is 11.4 Å². The van der Waals surface area contributed by atoms with Crippen molar-refractivity contribution in [2.75, 3.05) is 0 Å². The van der Waals surface area contributed by atoms with E-state index in [1.165, 1.54) is 24.5 Å². The van der Waals surface area contributed by atoms with Gasteiger partial charge in [-0.1, -0.05) is 42.5 Å². The molecule has 4 aromatic rings.